The fourth-order valence-corrected chi connectivity index (χ4v) is 2.17. The van der Waals surface area contributed by atoms with Gasteiger partial charge in [0.25, 0.3) is 5.91 Å². The number of nitrogens with one attached hydrogen (secondary N) is 1. The summed E-state index contributed by atoms with van der Waals surface area (Å²) in [5.41, 5.74) is 0.541. The predicted octanol–water partition coefficient (Wildman–Crippen LogP) is 4.05. The van der Waals surface area contributed by atoms with Crippen LogP contribution >= 0.6 is 23.4 Å². The first-order chi connectivity index (χ1) is 11.3. The van der Waals surface area contributed by atoms with E-state index in [0.717, 1.165) is 11.2 Å². The van der Waals surface area contributed by atoms with Gasteiger partial charge in [-0.25, -0.2) is 9.97 Å². The highest BCUT2D eigenvalue weighted by Gasteiger charge is 2.29. The number of ether oxygens (including phenoxy) is 1. The Labute approximate surface area is 144 Å². The van der Waals surface area contributed by atoms with Crippen LogP contribution in [0.4, 0.5) is 18.9 Å². The van der Waals surface area contributed by atoms with Gasteiger partial charge < -0.3 is 10.1 Å². The zero-order chi connectivity index (χ0) is 17.7. The third kappa shape index (κ3) is 5.27. The molecular formula is C14H11ClF3N3O2S. The number of thioether (sulfide) groups is 1. The first-order valence-electron chi connectivity index (χ1n) is 6.45. The minimum absolute atomic E-state index is 0.0771. The molecule has 0 saturated heterocycles. The molecule has 2 heterocycles. The van der Waals surface area contributed by atoms with E-state index in [1.165, 1.54) is 24.0 Å². The third-order valence-electron chi connectivity index (χ3n) is 2.65. The number of alkyl halides is 3. The SMILES string of the molecule is CSc1ccc(NC(=O)c2cnc(OCC(F)(F)F)c(Cl)c2)cn1. The molecule has 2 rings (SSSR count). The van der Waals surface area contributed by atoms with Gasteiger partial charge in [-0.3, -0.25) is 4.79 Å². The highest BCUT2D eigenvalue weighted by atomic mass is 35.5. The molecule has 0 unspecified atom stereocenters. The average molecular weight is 378 g/mol. The van der Waals surface area contributed by atoms with E-state index < -0.39 is 24.6 Å². The molecule has 0 aliphatic heterocycles. The van der Waals surface area contributed by atoms with Crippen molar-refractivity contribution in [3.05, 3.63) is 41.2 Å². The van der Waals surface area contributed by atoms with Crippen molar-refractivity contribution in [3.8, 4) is 5.88 Å². The molecule has 0 aromatic carbocycles. The molecule has 0 atom stereocenters. The van der Waals surface area contributed by atoms with Gasteiger partial charge in [-0.05, 0) is 24.5 Å². The molecule has 128 valence electrons. The molecule has 2 aromatic rings. The Balaban J connectivity index is 2.05. The van der Waals surface area contributed by atoms with Gasteiger partial charge in [0.1, 0.15) is 5.02 Å². The highest BCUT2D eigenvalue weighted by molar-refractivity contribution is 7.98. The molecule has 2 aromatic heterocycles. The standard InChI is InChI=1S/C14H11ClF3N3O2S/c1-24-11-3-2-9(6-19-11)21-12(22)8-4-10(15)13(20-5-8)23-7-14(16,17)18/h2-6H,7H2,1H3,(H,21,22). The minimum Gasteiger partial charge on any atom is -0.467 e. The van der Waals surface area contributed by atoms with Crippen molar-refractivity contribution in [1.29, 1.82) is 0 Å². The highest BCUT2D eigenvalue weighted by Crippen LogP contribution is 2.25. The number of anilines is 1. The fraction of sp³-hybridized carbons (Fsp3) is 0.214. The van der Waals surface area contributed by atoms with Crippen molar-refractivity contribution in [2.45, 2.75) is 11.2 Å². The van der Waals surface area contributed by atoms with E-state index in [0.29, 0.717) is 5.69 Å². The van der Waals surface area contributed by atoms with Crippen molar-refractivity contribution in [2.24, 2.45) is 0 Å². The lowest BCUT2D eigenvalue weighted by Crippen LogP contribution is -2.20. The summed E-state index contributed by atoms with van der Waals surface area (Å²) in [5.74, 6) is -0.915. The Morgan fingerprint density at radius 3 is 2.62 bits per heavy atom. The third-order valence-corrected chi connectivity index (χ3v) is 3.58. The second-order valence-corrected chi connectivity index (χ2v) is 5.69. The minimum atomic E-state index is -4.50. The van der Waals surface area contributed by atoms with E-state index in [1.54, 1.807) is 12.1 Å². The maximum atomic E-state index is 12.1. The molecular weight excluding hydrogens is 367 g/mol. The summed E-state index contributed by atoms with van der Waals surface area (Å²) in [5, 5.41) is 3.19. The van der Waals surface area contributed by atoms with E-state index in [2.05, 4.69) is 20.0 Å². The van der Waals surface area contributed by atoms with E-state index in [-0.39, 0.29) is 10.6 Å². The van der Waals surface area contributed by atoms with Gasteiger partial charge in [0.15, 0.2) is 6.61 Å². The summed E-state index contributed by atoms with van der Waals surface area (Å²) < 4.78 is 40.8. The first-order valence-corrected chi connectivity index (χ1v) is 8.05. The van der Waals surface area contributed by atoms with Crippen LogP contribution in [0.15, 0.2) is 35.6 Å². The molecule has 1 amide bonds. The zero-order valence-corrected chi connectivity index (χ0v) is 13.8. The number of hydrogen-bond acceptors (Lipinski definition) is 5. The Bertz CT molecular complexity index is 726. The van der Waals surface area contributed by atoms with Gasteiger partial charge in [-0.1, -0.05) is 11.6 Å². The Morgan fingerprint density at radius 2 is 2.08 bits per heavy atom. The number of amides is 1. The number of pyridine rings is 2. The summed E-state index contributed by atoms with van der Waals surface area (Å²) in [4.78, 5) is 19.8. The van der Waals surface area contributed by atoms with E-state index in [4.69, 9.17) is 11.6 Å². The van der Waals surface area contributed by atoms with Crippen LogP contribution in [-0.2, 0) is 0 Å². The summed E-state index contributed by atoms with van der Waals surface area (Å²) in [6.07, 6.45) is -0.0656. The van der Waals surface area contributed by atoms with Gasteiger partial charge in [-0.2, -0.15) is 13.2 Å². The molecule has 0 bridgehead atoms. The quantitative estimate of drug-likeness (QED) is 0.796. The zero-order valence-electron chi connectivity index (χ0n) is 12.2. The largest absolute Gasteiger partial charge is 0.467 e. The number of aromatic nitrogens is 2. The summed E-state index contributed by atoms with van der Waals surface area (Å²) in [7, 11) is 0. The molecule has 5 nitrogen and oxygen atoms in total. The van der Waals surface area contributed by atoms with Crippen LogP contribution in [0.1, 0.15) is 10.4 Å². The van der Waals surface area contributed by atoms with Crippen LogP contribution in [0.3, 0.4) is 0 Å². The Kier molecular flexibility index (Phi) is 5.89. The van der Waals surface area contributed by atoms with E-state index >= 15 is 0 Å². The van der Waals surface area contributed by atoms with Crippen molar-refractivity contribution in [1.82, 2.24) is 9.97 Å². The van der Waals surface area contributed by atoms with E-state index in [9.17, 15) is 18.0 Å². The van der Waals surface area contributed by atoms with Crippen molar-refractivity contribution < 1.29 is 22.7 Å². The number of hydrogen-bond donors (Lipinski definition) is 1. The molecule has 24 heavy (non-hydrogen) atoms. The first kappa shape index (κ1) is 18.3. The molecule has 0 aliphatic carbocycles. The summed E-state index contributed by atoms with van der Waals surface area (Å²) >= 11 is 7.25. The van der Waals surface area contributed by atoms with Gasteiger partial charge >= 0.3 is 6.18 Å². The molecule has 0 fully saturated rings. The number of rotatable bonds is 5. The molecule has 0 aliphatic rings. The monoisotopic (exact) mass is 377 g/mol. The summed E-state index contributed by atoms with van der Waals surface area (Å²) in [6, 6.07) is 4.59. The van der Waals surface area contributed by atoms with Crippen LogP contribution in [0.2, 0.25) is 5.02 Å². The van der Waals surface area contributed by atoms with Gasteiger partial charge in [-0.15, -0.1) is 11.8 Å². The second-order valence-electron chi connectivity index (χ2n) is 4.46. The summed E-state index contributed by atoms with van der Waals surface area (Å²) in [6.45, 7) is -1.52. The van der Waals surface area contributed by atoms with Crippen LogP contribution in [0, 0.1) is 0 Å². The molecule has 0 saturated carbocycles. The van der Waals surface area contributed by atoms with Crippen LogP contribution in [0.5, 0.6) is 5.88 Å². The lowest BCUT2D eigenvalue weighted by atomic mass is 10.2. The maximum Gasteiger partial charge on any atom is 0.422 e. The molecule has 0 spiro atoms. The number of nitrogens with zero attached hydrogens (tertiary/aromatic N) is 2. The maximum absolute atomic E-state index is 12.1. The van der Waals surface area contributed by atoms with Crippen LogP contribution in [-0.4, -0.2) is 34.9 Å². The van der Waals surface area contributed by atoms with Crippen molar-refractivity contribution in [2.75, 3.05) is 18.2 Å². The normalized spacial score (nSPS) is 11.2. The Morgan fingerprint density at radius 1 is 1.33 bits per heavy atom. The lowest BCUT2D eigenvalue weighted by molar-refractivity contribution is -0.154. The van der Waals surface area contributed by atoms with Gasteiger partial charge in [0.05, 0.1) is 22.5 Å². The predicted molar refractivity (Wildman–Crippen MR) is 84.8 cm³/mol. The van der Waals surface area contributed by atoms with Crippen LogP contribution in [0.25, 0.3) is 0 Å². The second kappa shape index (κ2) is 7.71. The fourth-order valence-electron chi connectivity index (χ4n) is 1.58. The molecule has 10 heteroatoms. The topological polar surface area (TPSA) is 64.1 Å². The lowest BCUT2D eigenvalue weighted by Gasteiger charge is -2.10. The van der Waals surface area contributed by atoms with E-state index in [1.807, 2.05) is 6.26 Å². The van der Waals surface area contributed by atoms with Crippen LogP contribution < -0.4 is 10.1 Å². The number of carbonyl (C=O) groups excluding carboxylic acids is 1. The molecule has 0 radical (unpaired) electrons. The number of halogens is 4. The number of carbonyl (C=O) groups is 1. The van der Waals surface area contributed by atoms with Gasteiger partial charge in [0.2, 0.25) is 5.88 Å². The Hall–Kier alpha value is -2.00. The smallest absolute Gasteiger partial charge is 0.422 e. The molecule has 1 N–H and O–H groups in total. The van der Waals surface area contributed by atoms with Crippen molar-refractivity contribution in [3.63, 3.8) is 0 Å². The van der Waals surface area contributed by atoms with Gasteiger partial charge in [0, 0.05) is 6.20 Å². The van der Waals surface area contributed by atoms with Crippen molar-refractivity contribution >= 4 is 35.0 Å². The average Bonchev–Trinajstić information content (AvgIpc) is 2.53.